The van der Waals surface area contributed by atoms with E-state index in [1.807, 2.05) is 4.90 Å². The van der Waals surface area contributed by atoms with Crippen molar-refractivity contribution >= 4 is 12.1 Å². The molecule has 2 aliphatic rings. The minimum atomic E-state index is -2.60. The Morgan fingerprint density at radius 2 is 2.05 bits per heavy atom. The van der Waals surface area contributed by atoms with Crippen molar-refractivity contribution in [1.29, 1.82) is 0 Å². The summed E-state index contributed by atoms with van der Waals surface area (Å²) in [6.45, 7) is 0.695. The van der Waals surface area contributed by atoms with Crippen LogP contribution in [0.3, 0.4) is 0 Å². The van der Waals surface area contributed by atoms with E-state index in [0.717, 1.165) is 4.90 Å². The van der Waals surface area contributed by atoms with Crippen LogP contribution in [0.1, 0.15) is 19.3 Å². The molecule has 0 aromatic heterocycles. The molecule has 1 N–H and O–H groups in total. The minimum Gasteiger partial charge on any atom is -0.465 e. The second-order valence-electron chi connectivity index (χ2n) is 4.85. The molecule has 0 saturated carbocycles. The number of halogens is 2. The van der Waals surface area contributed by atoms with Crippen molar-refractivity contribution in [2.75, 3.05) is 26.4 Å². The Kier molecular flexibility index (Phi) is 3.88. The second kappa shape index (κ2) is 5.28. The third-order valence-corrected chi connectivity index (χ3v) is 3.55. The number of piperidine rings is 1. The monoisotopic (exact) mass is 278 g/mol. The van der Waals surface area contributed by atoms with E-state index < -0.39 is 24.0 Å². The number of rotatable bonds is 3. The number of hydrogen-bond acceptors (Lipinski definition) is 4. The molecule has 0 bridgehead atoms. The lowest BCUT2D eigenvalue weighted by Crippen LogP contribution is -2.43. The first-order valence-corrected chi connectivity index (χ1v) is 6.15. The van der Waals surface area contributed by atoms with Gasteiger partial charge in [0.1, 0.15) is 6.04 Å². The summed E-state index contributed by atoms with van der Waals surface area (Å²) in [5.74, 6) is -3.17. The highest BCUT2D eigenvalue weighted by atomic mass is 19.3. The molecular formula is C11H16F2N2O4. The summed E-state index contributed by atoms with van der Waals surface area (Å²) in [6.07, 6.45) is -1.31. The first-order valence-electron chi connectivity index (χ1n) is 6.15. The largest absolute Gasteiger partial charge is 0.465 e. The summed E-state index contributed by atoms with van der Waals surface area (Å²) in [7, 11) is 0. The van der Waals surface area contributed by atoms with E-state index in [2.05, 4.69) is 4.74 Å². The first kappa shape index (κ1) is 14.0. The zero-order chi connectivity index (χ0) is 14.0. The zero-order valence-corrected chi connectivity index (χ0v) is 10.3. The number of amides is 1. The van der Waals surface area contributed by atoms with Crippen LogP contribution in [0.5, 0.6) is 0 Å². The molecule has 2 aliphatic heterocycles. The van der Waals surface area contributed by atoms with Gasteiger partial charge in [0, 0.05) is 32.5 Å². The predicted molar refractivity (Wildman–Crippen MR) is 59.8 cm³/mol. The van der Waals surface area contributed by atoms with E-state index >= 15 is 0 Å². The summed E-state index contributed by atoms with van der Waals surface area (Å²) in [5, 5.41) is 8.89. The van der Waals surface area contributed by atoms with Gasteiger partial charge < -0.3 is 14.7 Å². The van der Waals surface area contributed by atoms with Crippen molar-refractivity contribution in [3.63, 3.8) is 0 Å². The van der Waals surface area contributed by atoms with E-state index in [1.54, 1.807) is 0 Å². The average molecular weight is 278 g/mol. The highest BCUT2D eigenvalue weighted by Crippen LogP contribution is 2.28. The van der Waals surface area contributed by atoms with E-state index in [-0.39, 0.29) is 39.1 Å². The van der Waals surface area contributed by atoms with E-state index in [4.69, 9.17) is 5.11 Å². The summed E-state index contributed by atoms with van der Waals surface area (Å²) in [6, 6.07) is -0.820. The number of cyclic esters (lactones) is 1. The summed E-state index contributed by atoms with van der Waals surface area (Å²) >= 11 is 0. The van der Waals surface area contributed by atoms with Gasteiger partial charge in [-0.2, -0.15) is 0 Å². The molecule has 0 radical (unpaired) electrons. The Labute approximate surface area is 108 Å². The quantitative estimate of drug-likeness (QED) is 0.779. The van der Waals surface area contributed by atoms with Crippen LogP contribution < -0.4 is 0 Å². The summed E-state index contributed by atoms with van der Waals surface area (Å²) in [4.78, 5) is 25.0. The number of nitrogens with zero attached hydrogens (tertiary/aromatic N) is 2. The van der Waals surface area contributed by atoms with Gasteiger partial charge in [0.25, 0.3) is 5.92 Å². The summed E-state index contributed by atoms with van der Waals surface area (Å²) in [5.41, 5.74) is 0. The topological polar surface area (TPSA) is 70.1 Å². The smallest absolute Gasteiger partial charge is 0.410 e. The number of carbonyl (C=O) groups excluding carboxylic acids is 1. The normalized spacial score (nSPS) is 27.4. The number of alkyl halides is 2. The van der Waals surface area contributed by atoms with Crippen LogP contribution in [-0.2, 0) is 9.53 Å². The van der Waals surface area contributed by atoms with Crippen molar-refractivity contribution in [3.8, 4) is 0 Å². The molecule has 2 fully saturated rings. The van der Waals surface area contributed by atoms with Crippen LogP contribution in [0.15, 0.2) is 0 Å². The van der Waals surface area contributed by atoms with Crippen molar-refractivity contribution in [3.05, 3.63) is 0 Å². The van der Waals surface area contributed by atoms with Gasteiger partial charge in [0.05, 0.1) is 0 Å². The molecule has 1 amide bonds. The van der Waals surface area contributed by atoms with Crippen LogP contribution >= 0.6 is 0 Å². The zero-order valence-electron chi connectivity index (χ0n) is 10.3. The molecule has 2 rings (SSSR count). The molecular weight excluding hydrogens is 262 g/mol. The molecule has 0 spiro atoms. The average Bonchev–Trinajstić information content (AvgIpc) is 2.69. The summed E-state index contributed by atoms with van der Waals surface area (Å²) < 4.78 is 30.6. The fourth-order valence-corrected chi connectivity index (χ4v) is 2.32. The maximum absolute atomic E-state index is 13.0. The van der Waals surface area contributed by atoms with Crippen LogP contribution in [0.25, 0.3) is 0 Å². The lowest BCUT2D eigenvalue weighted by Gasteiger charge is -2.32. The van der Waals surface area contributed by atoms with Gasteiger partial charge in [-0.25, -0.2) is 18.4 Å². The third-order valence-electron chi connectivity index (χ3n) is 3.55. The van der Waals surface area contributed by atoms with Crippen molar-refractivity contribution in [2.24, 2.45) is 0 Å². The van der Waals surface area contributed by atoms with Crippen LogP contribution in [0.4, 0.5) is 13.6 Å². The number of carboxylic acid groups (broad SMARTS) is 1. The van der Waals surface area contributed by atoms with Gasteiger partial charge in [-0.05, 0) is 6.42 Å². The van der Waals surface area contributed by atoms with Gasteiger partial charge in [-0.3, -0.25) is 4.90 Å². The molecule has 0 aromatic rings. The Hall–Kier alpha value is -1.44. The van der Waals surface area contributed by atoms with Crippen LogP contribution in [-0.4, -0.2) is 65.3 Å². The van der Waals surface area contributed by atoms with Crippen LogP contribution in [0, 0.1) is 0 Å². The second-order valence-corrected chi connectivity index (χ2v) is 4.85. The molecule has 0 aliphatic carbocycles. The van der Waals surface area contributed by atoms with Gasteiger partial charge in [0.2, 0.25) is 0 Å². The fraction of sp³-hybridized carbons (Fsp3) is 0.818. The van der Waals surface area contributed by atoms with Crippen molar-refractivity contribution < 1.29 is 28.2 Å². The molecule has 1 atom stereocenters. The Morgan fingerprint density at radius 3 is 2.63 bits per heavy atom. The Bertz CT molecular complexity index is 368. The first-order chi connectivity index (χ1) is 8.89. The van der Waals surface area contributed by atoms with Gasteiger partial charge >= 0.3 is 12.1 Å². The molecule has 0 unspecified atom stereocenters. The number of carbonyl (C=O) groups is 2. The van der Waals surface area contributed by atoms with E-state index in [0.29, 0.717) is 6.54 Å². The number of ether oxygens (including phenoxy) is 1. The molecule has 108 valence electrons. The molecule has 0 aromatic carbocycles. The van der Waals surface area contributed by atoms with Gasteiger partial charge in [0.15, 0.2) is 6.73 Å². The Morgan fingerprint density at radius 1 is 1.42 bits per heavy atom. The standard InChI is InChI=1S/C11H16F2N2O4/c12-11(13)2-5-14(6-3-11)4-1-8-9(16)19-7-15(8)10(17)18/h8H,1-7H2,(H,17,18)/t8-/m0/s1. The highest BCUT2D eigenvalue weighted by molar-refractivity contribution is 5.83. The lowest BCUT2D eigenvalue weighted by atomic mass is 10.1. The molecule has 6 nitrogen and oxygen atoms in total. The maximum Gasteiger partial charge on any atom is 0.410 e. The van der Waals surface area contributed by atoms with Crippen molar-refractivity contribution in [1.82, 2.24) is 9.80 Å². The van der Waals surface area contributed by atoms with E-state index in [9.17, 15) is 18.4 Å². The lowest BCUT2D eigenvalue weighted by molar-refractivity contribution is -0.139. The molecule has 2 saturated heterocycles. The minimum absolute atomic E-state index is 0.190. The maximum atomic E-state index is 13.0. The fourth-order valence-electron chi connectivity index (χ4n) is 2.32. The highest BCUT2D eigenvalue weighted by Gasteiger charge is 2.39. The molecule has 8 heteroatoms. The van der Waals surface area contributed by atoms with E-state index in [1.165, 1.54) is 0 Å². The van der Waals surface area contributed by atoms with Crippen molar-refractivity contribution in [2.45, 2.75) is 31.2 Å². The van der Waals surface area contributed by atoms with Gasteiger partial charge in [-0.15, -0.1) is 0 Å². The Balaban J connectivity index is 1.82. The third kappa shape index (κ3) is 3.31. The molecule has 19 heavy (non-hydrogen) atoms. The number of esters is 1. The SMILES string of the molecule is O=C1OCN(C(=O)O)[C@H]1CCN1CCC(F)(F)CC1. The molecule has 2 heterocycles. The number of hydrogen-bond donors (Lipinski definition) is 1. The van der Waals surface area contributed by atoms with Crippen LogP contribution in [0.2, 0.25) is 0 Å². The number of likely N-dealkylation sites (tertiary alicyclic amines) is 1. The van der Waals surface area contributed by atoms with Gasteiger partial charge in [-0.1, -0.05) is 0 Å². The predicted octanol–water partition coefficient (Wildman–Crippen LogP) is 0.971.